The molecule has 0 aromatic carbocycles. The van der Waals surface area contributed by atoms with E-state index in [0.717, 1.165) is 19.3 Å². The molecule has 6 heteroatoms. The van der Waals surface area contributed by atoms with Gasteiger partial charge in [-0.3, -0.25) is 9.59 Å². The van der Waals surface area contributed by atoms with Crippen LogP contribution in [0.5, 0.6) is 0 Å². The van der Waals surface area contributed by atoms with Gasteiger partial charge in [0.1, 0.15) is 4.88 Å². The van der Waals surface area contributed by atoms with Crippen molar-refractivity contribution in [1.29, 1.82) is 0 Å². The molecule has 0 saturated carbocycles. The predicted octanol–water partition coefficient (Wildman–Crippen LogP) is 2.96. The van der Waals surface area contributed by atoms with Crippen LogP contribution in [0.3, 0.4) is 0 Å². The van der Waals surface area contributed by atoms with E-state index in [1.807, 2.05) is 0 Å². The highest BCUT2D eigenvalue weighted by Gasteiger charge is 2.30. The molecule has 0 bridgehead atoms. The van der Waals surface area contributed by atoms with E-state index in [-0.39, 0.29) is 24.3 Å². The summed E-state index contributed by atoms with van der Waals surface area (Å²) in [5.41, 5.74) is 0. The number of hydrogen-bond acceptors (Lipinski definition) is 4. The van der Waals surface area contributed by atoms with Gasteiger partial charge < -0.3 is 9.64 Å². The number of amides is 1. The number of thiophene rings is 1. The Morgan fingerprint density at radius 3 is 2.95 bits per heavy atom. The minimum atomic E-state index is -0.276. The summed E-state index contributed by atoms with van der Waals surface area (Å²) in [5, 5.41) is 2.28. The lowest BCUT2D eigenvalue weighted by molar-refractivity contribution is -0.142. The first-order valence-electron chi connectivity index (χ1n) is 6.24. The van der Waals surface area contributed by atoms with Crippen molar-refractivity contribution < 1.29 is 14.3 Å². The van der Waals surface area contributed by atoms with Crippen LogP contribution in [0.2, 0.25) is 5.02 Å². The van der Waals surface area contributed by atoms with Crippen LogP contribution in [-0.4, -0.2) is 36.5 Å². The van der Waals surface area contributed by atoms with Gasteiger partial charge >= 0.3 is 5.97 Å². The van der Waals surface area contributed by atoms with Crippen LogP contribution < -0.4 is 0 Å². The minimum absolute atomic E-state index is 0.0754. The maximum absolute atomic E-state index is 12.5. The standard InChI is InChI=1S/C13H16ClNO3S/c1-18-11(16)8-9-4-2-3-6-15(9)13(17)12-10(14)5-7-19-12/h5,7,9H,2-4,6,8H2,1H3. The van der Waals surface area contributed by atoms with E-state index >= 15 is 0 Å². The van der Waals surface area contributed by atoms with Gasteiger partial charge in [-0.25, -0.2) is 0 Å². The number of carbonyl (C=O) groups excluding carboxylic acids is 2. The van der Waals surface area contributed by atoms with E-state index in [1.165, 1.54) is 18.4 Å². The molecule has 1 atom stereocenters. The monoisotopic (exact) mass is 301 g/mol. The number of esters is 1. The van der Waals surface area contributed by atoms with E-state index in [2.05, 4.69) is 0 Å². The molecule has 0 aliphatic carbocycles. The Balaban J connectivity index is 2.13. The third-order valence-corrected chi connectivity index (χ3v) is 4.66. The average molecular weight is 302 g/mol. The van der Waals surface area contributed by atoms with Gasteiger partial charge in [-0.05, 0) is 30.7 Å². The first kappa shape index (κ1) is 14.3. The Morgan fingerprint density at radius 1 is 1.53 bits per heavy atom. The number of piperidine rings is 1. The van der Waals surface area contributed by atoms with Gasteiger partial charge in [0.2, 0.25) is 0 Å². The highest BCUT2D eigenvalue weighted by Crippen LogP contribution is 2.28. The van der Waals surface area contributed by atoms with Crippen molar-refractivity contribution in [2.75, 3.05) is 13.7 Å². The minimum Gasteiger partial charge on any atom is -0.469 e. The van der Waals surface area contributed by atoms with Gasteiger partial charge in [-0.15, -0.1) is 11.3 Å². The van der Waals surface area contributed by atoms with Gasteiger partial charge in [0.05, 0.1) is 18.6 Å². The fourth-order valence-corrected chi connectivity index (χ4v) is 3.42. The molecule has 19 heavy (non-hydrogen) atoms. The van der Waals surface area contributed by atoms with Crippen molar-refractivity contribution in [3.05, 3.63) is 21.3 Å². The predicted molar refractivity (Wildman–Crippen MR) is 74.6 cm³/mol. The molecule has 2 heterocycles. The molecule has 0 N–H and O–H groups in total. The Bertz CT molecular complexity index is 474. The zero-order valence-corrected chi connectivity index (χ0v) is 12.3. The third kappa shape index (κ3) is 3.28. The SMILES string of the molecule is COC(=O)CC1CCCCN1C(=O)c1sccc1Cl. The maximum Gasteiger partial charge on any atom is 0.307 e. The number of nitrogens with zero attached hydrogens (tertiary/aromatic N) is 1. The van der Waals surface area contributed by atoms with Gasteiger partial charge in [0.25, 0.3) is 5.91 Å². The fourth-order valence-electron chi connectivity index (χ4n) is 2.33. The number of ether oxygens (including phenoxy) is 1. The lowest BCUT2D eigenvalue weighted by Gasteiger charge is -2.35. The van der Waals surface area contributed by atoms with Crippen molar-refractivity contribution >= 4 is 34.8 Å². The van der Waals surface area contributed by atoms with Gasteiger partial charge in [0.15, 0.2) is 0 Å². The molecule has 1 unspecified atom stereocenters. The van der Waals surface area contributed by atoms with E-state index in [4.69, 9.17) is 16.3 Å². The second-order valence-electron chi connectivity index (χ2n) is 4.53. The number of halogens is 1. The molecule has 1 fully saturated rings. The molecular weight excluding hydrogens is 286 g/mol. The van der Waals surface area contributed by atoms with E-state index in [0.29, 0.717) is 16.4 Å². The number of likely N-dealkylation sites (tertiary alicyclic amines) is 1. The van der Waals surface area contributed by atoms with E-state index in [9.17, 15) is 9.59 Å². The highest BCUT2D eigenvalue weighted by molar-refractivity contribution is 7.12. The summed E-state index contributed by atoms with van der Waals surface area (Å²) in [6.07, 6.45) is 3.09. The fraction of sp³-hybridized carbons (Fsp3) is 0.538. The molecule has 1 aromatic rings. The summed E-state index contributed by atoms with van der Waals surface area (Å²) in [7, 11) is 1.37. The lowest BCUT2D eigenvalue weighted by Crippen LogP contribution is -2.44. The lowest BCUT2D eigenvalue weighted by atomic mass is 9.99. The molecular formula is C13H16ClNO3S. The highest BCUT2D eigenvalue weighted by atomic mass is 35.5. The number of rotatable bonds is 3. The smallest absolute Gasteiger partial charge is 0.307 e. The van der Waals surface area contributed by atoms with Gasteiger partial charge in [-0.1, -0.05) is 11.6 Å². The molecule has 104 valence electrons. The Kier molecular flexibility index (Phi) is 4.82. The Labute approximate surface area is 121 Å². The normalized spacial score (nSPS) is 19.3. The van der Waals surface area contributed by atoms with E-state index < -0.39 is 0 Å². The molecule has 4 nitrogen and oxygen atoms in total. The summed E-state index contributed by atoms with van der Waals surface area (Å²) in [6.45, 7) is 0.675. The zero-order valence-electron chi connectivity index (χ0n) is 10.7. The summed E-state index contributed by atoms with van der Waals surface area (Å²) >= 11 is 7.34. The van der Waals surface area contributed by atoms with Crippen molar-refractivity contribution in [1.82, 2.24) is 4.90 Å². The summed E-state index contributed by atoms with van der Waals surface area (Å²) in [4.78, 5) is 26.2. The molecule has 0 radical (unpaired) electrons. The molecule has 2 rings (SSSR count). The number of methoxy groups -OCH3 is 1. The topological polar surface area (TPSA) is 46.6 Å². The van der Waals surface area contributed by atoms with Gasteiger partial charge in [0, 0.05) is 12.6 Å². The molecule has 1 aliphatic heterocycles. The molecule has 1 aliphatic rings. The molecule has 1 saturated heterocycles. The van der Waals surface area contributed by atoms with Crippen molar-refractivity contribution in [3.63, 3.8) is 0 Å². The van der Waals surface area contributed by atoms with E-state index in [1.54, 1.807) is 16.3 Å². The largest absolute Gasteiger partial charge is 0.469 e. The van der Waals surface area contributed by atoms with Crippen LogP contribution in [-0.2, 0) is 9.53 Å². The molecule has 0 spiro atoms. The molecule has 1 amide bonds. The second kappa shape index (κ2) is 6.39. The van der Waals surface area contributed by atoms with Crippen LogP contribution in [0.4, 0.5) is 0 Å². The number of hydrogen-bond donors (Lipinski definition) is 0. The average Bonchev–Trinajstić information content (AvgIpc) is 2.84. The second-order valence-corrected chi connectivity index (χ2v) is 5.85. The summed E-state index contributed by atoms with van der Waals surface area (Å²) in [5.74, 6) is -0.351. The van der Waals surface area contributed by atoms with Crippen molar-refractivity contribution in [2.45, 2.75) is 31.7 Å². The quantitative estimate of drug-likeness (QED) is 0.806. The van der Waals surface area contributed by atoms with Crippen LogP contribution in [0.15, 0.2) is 11.4 Å². The Morgan fingerprint density at radius 2 is 2.32 bits per heavy atom. The maximum atomic E-state index is 12.5. The van der Waals surface area contributed by atoms with Crippen LogP contribution in [0.25, 0.3) is 0 Å². The zero-order chi connectivity index (χ0) is 13.8. The third-order valence-electron chi connectivity index (χ3n) is 3.33. The van der Waals surface area contributed by atoms with Crippen LogP contribution in [0.1, 0.15) is 35.4 Å². The summed E-state index contributed by atoms with van der Waals surface area (Å²) in [6, 6.07) is 1.64. The first-order valence-corrected chi connectivity index (χ1v) is 7.50. The van der Waals surface area contributed by atoms with Crippen LogP contribution in [0, 0.1) is 0 Å². The molecule has 1 aromatic heterocycles. The van der Waals surface area contributed by atoms with Crippen molar-refractivity contribution in [3.8, 4) is 0 Å². The Hall–Kier alpha value is -1.07. The van der Waals surface area contributed by atoms with Crippen LogP contribution >= 0.6 is 22.9 Å². The summed E-state index contributed by atoms with van der Waals surface area (Å²) < 4.78 is 4.70. The number of carbonyl (C=O) groups is 2. The van der Waals surface area contributed by atoms with Crippen molar-refractivity contribution in [2.24, 2.45) is 0 Å². The van der Waals surface area contributed by atoms with Gasteiger partial charge in [-0.2, -0.15) is 0 Å². The first-order chi connectivity index (χ1) is 9.13.